The molecule has 3 aromatic heterocycles. The van der Waals surface area contributed by atoms with Gasteiger partial charge in [-0.15, -0.1) is 0 Å². The molecule has 0 fully saturated rings. The molecule has 0 N–H and O–H groups in total. The van der Waals surface area contributed by atoms with Crippen LogP contribution in [0.1, 0.15) is 22.3 Å². The molecular formula is C45H26N4O. The lowest BCUT2D eigenvalue weighted by molar-refractivity contribution is 0.669. The number of aromatic nitrogens is 4. The van der Waals surface area contributed by atoms with Gasteiger partial charge in [0.05, 0.1) is 11.1 Å². The van der Waals surface area contributed by atoms with Gasteiger partial charge in [-0.3, -0.25) is 4.98 Å². The molecule has 2 aliphatic carbocycles. The van der Waals surface area contributed by atoms with E-state index in [1.54, 1.807) is 0 Å². The molecule has 0 saturated carbocycles. The normalized spacial score (nSPS) is 13.4. The molecule has 0 aliphatic heterocycles. The first-order valence-corrected chi connectivity index (χ1v) is 16.8. The van der Waals surface area contributed by atoms with Gasteiger partial charge in [-0.05, 0) is 63.7 Å². The highest BCUT2D eigenvalue weighted by molar-refractivity contribution is 6.05. The highest BCUT2D eigenvalue weighted by Gasteiger charge is 2.52. The van der Waals surface area contributed by atoms with Crippen LogP contribution >= 0.6 is 0 Å². The molecule has 0 bridgehead atoms. The van der Waals surface area contributed by atoms with Crippen molar-refractivity contribution >= 4 is 21.9 Å². The van der Waals surface area contributed by atoms with Gasteiger partial charge in [-0.25, -0.2) is 15.0 Å². The fourth-order valence-electron chi connectivity index (χ4n) is 8.30. The molecule has 232 valence electrons. The Morgan fingerprint density at radius 1 is 0.400 bits per heavy atom. The Balaban J connectivity index is 1.15. The summed E-state index contributed by atoms with van der Waals surface area (Å²) in [5.41, 5.74) is 13.4. The van der Waals surface area contributed by atoms with Gasteiger partial charge in [0.1, 0.15) is 11.2 Å². The average molecular weight is 639 g/mol. The Morgan fingerprint density at radius 2 is 1.00 bits per heavy atom. The molecule has 1 spiro atoms. The second-order valence-corrected chi connectivity index (χ2v) is 13.0. The van der Waals surface area contributed by atoms with Gasteiger partial charge in [0.2, 0.25) is 0 Å². The third-order valence-electron chi connectivity index (χ3n) is 10.4. The van der Waals surface area contributed by atoms with E-state index in [0.29, 0.717) is 17.5 Å². The highest BCUT2D eigenvalue weighted by atomic mass is 16.3. The van der Waals surface area contributed by atoms with Crippen molar-refractivity contribution in [3.05, 3.63) is 180 Å². The summed E-state index contributed by atoms with van der Waals surface area (Å²) in [6.07, 6.45) is 1.89. The molecule has 0 radical (unpaired) electrons. The van der Waals surface area contributed by atoms with E-state index in [1.807, 2.05) is 60.8 Å². The molecular weight excluding hydrogens is 613 g/mol. The lowest BCUT2D eigenvalue weighted by Gasteiger charge is -2.30. The van der Waals surface area contributed by atoms with Gasteiger partial charge >= 0.3 is 0 Å². The van der Waals surface area contributed by atoms with Crippen LogP contribution in [0, 0.1) is 0 Å². The topological polar surface area (TPSA) is 64.7 Å². The van der Waals surface area contributed by atoms with Gasteiger partial charge < -0.3 is 4.42 Å². The minimum Gasteiger partial charge on any atom is -0.456 e. The average Bonchev–Trinajstić information content (AvgIpc) is 3.81. The Morgan fingerprint density at radius 3 is 1.78 bits per heavy atom. The summed E-state index contributed by atoms with van der Waals surface area (Å²) in [5.74, 6) is 1.82. The number of benzene rings is 6. The van der Waals surface area contributed by atoms with Crippen molar-refractivity contribution in [1.82, 2.24) is 19.9 Å². The van der Waals surface area contributed by atoms with Crippen molar-refractivity contribution in [3.63, 3.8) is 0 Å². The van der Waals surface area contributed by atoms with Crippen LogP contribution in [0.15, 0.2) is 162 Å². The lowest BCUT2D eigenvalue weighted by Crippen LogP contribution is -2.26. The van der Waals surface area contributed by atoms with E-state index in [2.05, 4.69) is 97.1 Å². The molecule has 9 aromatic rings. The summed E-state index contributed by atoms with van der Waals surface area (Å²) >= 11 is 0. The number of hydrogen-bond donors (Lipinski definition) is 0. The zero-order chi connectivity index (χ0) is 32.8. The minimum atomic E-state index is -0.507. The maximum Gasteiger partial charge on any atom is 0.164 e. The number of rotatable bonds is 3. The summed E-state index contributed by atoms with van der Waals surface area (Å²) in [6.45, 7) is 0. The molecule has 0 atom stereocenters. The van der Waals surface area contributed by atoms with E-state index in [9.17, 15) is 0 Å². The third kappa shape index (κ3) is 3.66. The number of furan rings is 1. The second kappa shape index (κ2) is 10.1. The van der Waals surface area contributed by atoms with Gasteiger partial charge in [0.15, 0.2) is 17.5 Å². The predicted octanol–water partition coefficient (Wildman–Crippen LogP) is 10.5. The SMILES string of the molecule is c1ccc(-c2nc(-c3ccc4c(c3)C3(c5ccccc5-c5ccccc53)c3cccnc3-4)nc(-c3ccc4c(c3)oc3ccccc34)n2)cc1. The van der Waals surface area contributed by atoms with Crippen LogP contribution in [-0.4, -0.2) is 19.9 Å². The van der Waals surface area contributed by atoms with Crippen LogP contribution in [0.4, 0.5) is 0 Å². The summed E-state index contributed by atoms with van der Waals surface area (Å²) in [5, 5.41) is 2.16. The number of pyridine rings is 1. The molecule has 11 rings (SSSR count). The van der Waals surface area contributed by atoms with Gasteiger partial charge in [0, 0.05) is 39.2 Å². The monoisotopic (exact) mass is 638 g/mol. The maximum absolute atomic E-state index is 6.26. The maximum atomic E-state index is 6.26. The number of hydrogen-bond acceptors (Lipinski definition) is 5. The summed E-state index contributed by atoms with van der Waals surface area (Å²) in [4.78, 5) is 20.3. The molecule has 50 heavy (non-hydrogen) atoms. The molecule has 5 nitrogen and oxygen atoms in total. The summed E-state index contributed by atoms with van der Waals surface area (Å²) in [6, 6.07) is 52.9. The van der Waals surface area contributed by atoms with Crippen LogP contribution in [0.25, 0.3) is 78.5 Å². The van der Waals surface area contributed by atoms with Crippen LogP contribution in [0.2, 0.25) is 0 Å². The number of nitrogens with zero attached hydrogens (tertiary/aromatic N) is 4. The fourth-order valence-corrected chi connectivity index (χ4v) is 8.30. The first-order chi connectivity index (χ1) is 24.8. The number of fused-ring (bicyclic) bond motifs is 13. The molecule has 0 amide bonds. The summed E-state index contributed by atoms with van der Waals surface area (Å²) in [7, 11) is 0. The second-order valence-electron chi connectivity index (χ2n) is 13.0. The van der Waals surface area contributed by atoms with E-state index >= 15 is 0 Å². The van der Waals surface area contributed by atoms with E-state index in [1.165, 1.54) is 33.4 Å². The van der Waals surface area contributed by atoms with Gasteiger partial charge in [-0.1, -0.05) is 121 Å². The molecule has 5 heteroatoms. The van der Waals surface area contributed by atoms with E-state index < -0.39 is 5.41 Å². The van der Waals surface area contributed by atoms with Crippen LogP contribution in [-0.2, 0) is 5.41 Å². The molecule has 0 saturated heterocycles. The van der Waals surface area contributed by atoms with Crippen LogP contribution in [0.5, 0.6) is 0 Å². The zero-order valence-corrected chi connectivity index (χ0v) is 26.7. The Hall–Kier alpha value is -6.72. The zero-order valence-electron chi connectivity index (χ0n) is 26.7. The molecule has 2 aliphatic rings. The first-order valence-electron chi connectivity index (χ1n) is 16.8. The van der Waals surface area contributed by atoms with Crippen LogP contribution < -0.4 is 0 Å². The van der Waals surface area contributed by atoms with E-state index in [-0.39, 0.29) is 0 Å². The Labute approximate surface area is 287 Å². The summed E-state index contributed by atoms with van der Waals surface area (Å²) < 4.78 is 6.26. The highest BCUT2D eigenvalue weighted by Crippen LogP contribution is 2.62. The standard InChI is InChI=1S/C45H26N4O/c1-2-11-27(12-3-1)42-47-43(49-44(48-42)29-20-22-33-32-15-6-9-19-39(32)50-40(33)26-29)28-21-23-34-38(25-28)45(37-18-10-24-46-41(34)37)35-16-7-4-13-30(35)31-14-5-8-17-36(31)45/h1-26H. The smallest absolute Gasteiger partial charge is 0.164 e. The fraction of sp³-hybridized carbons (Fsp3) is 0.0222. The van der Waals surface area contributed by atoms with Crippen molar-refractivity contribution in [3.8, 4) is 56.5 Å². The Bertz CT molecular complexity index is 2770. The largest absolute Gasteiger partial charge is 0.456 e. The molecule has 3 heterocycles. The molecule has 0 unspecified atom stereocenters. The number of para-hydroxylation sites is 1. The third-order valence-corrected chi connectivity index (χ3v) is 10.4. The van der Waals surface area contributed by atoms with Crippen molar-refractivity contribution in [1.29, 1.82) is 0 Å². The Kier molecular flexibility index (Phi) is 5.53. The minimum absolute atomic E-state index is 0.507. The van der Waals surface area contributed by atoms with E-state index in [0.717, 1.165) is 49.9 Å². The van der Waals surface area contributed by atoms with Crippen molar-refractivity contribution in [2.45, 2.75) is 5.41 Å². The predicted molar refractivity (Wildman–Crippen MR) is 198 cm³/mol. The van der Waals surface area contributed by atoms with Crippen LogP contribution in [0.3, 0.4) is 0 Å². The van der Waals surface area contributed by atoms with Gasteiger partial charge in [0.25, 0.3) is 0 Å². The lowest BCUT2D eigenvalue weighted by atomic mass is 9.70. The van der Waals surface area contributed by atoms with E-state index in [4.69, 9.17) is 24.4 Å². The van der Waals surface area contributed by atoms with Crippen molar-refractivity contribution in [2.24, 2.45) is 0 Å². The molecule has 6 aromatic carbocycles. The van der Waals surface area contributed by atoms with Gasteiger partial charge in [-0.2, -0.15) is 0 Å². The van der Waals surface area contributed by atoms with Crippen molar-refractivity contribution in [2.75, 3.05) is 0 Å². The van der Waals surface area contributed by atoms with Crippen molar-refractivity contribution < 1.29 is 4.42 Å². The quantitative estimate of drug-likeness (QED) is 0.193. The first kappa shape index (κ1) is 27.3.